The number of benzene rings is 3. The summed E-state index contributed by atoms with van der Waals surface area (Å²) >= 11 is 6.47. The highest BCUT2D eigenvalue weighted by molar-refractivity contribution is 6.33. The predicted octanol–water partition coefficient (Wildman–Crippen LogP) is 6.35. The number of halogens is 1. The lowest BCUT2D eigenvalue weighted by atomic mass is 9.93. The number of fused-ring (bicyclic) bond motifs is 1. The molecular weight excluding hydrogens is 450 g/mol. The highest BCUT2D eigenvalue weighted by atomic mass is 35.5. The third kappa shape index (κ3) is 4.67. The minimum absolute atomic E-state index is 0.0320. The average molecular weight is 476 g/mol. The zero-order chi connectivity index (χ0) is 23.5. The Hall–Kier alpha value is -3.28. The number of likely N-dealkylation sites (tertiary alicyclic amines) is 1. The average Bonchev–Trinajstić information content (AvgIpc) is 2.85. The van der Waals surface area contributed by atoms with E-state index in [0.29, 0.717) is 39.3 Å². The molecule has 0 bridgehead atoms. The lowest BCUT2D eigenvalue weighted by Crippen LogP contribution is -2.33. The van der Waals surface area contributed by atoms with Gasteiger partial charge in [-0.25, -0.2) is 4.79 Å². The molecule has 1 saturated heterocycles. The van der Waals surface area contributed by atoms with Crippen molar-refractivity contribution < 1.29 is 14.3 Å². The van der Waals surface area contributed by atoms with Crippen molar-refractivity contribution in [1.29, 1.82) is 0 Å². The molecule has 0 aliphatic carbocycles. The van der Waals surface area contributed by atoms with Gasteiger partial charge >= 0.3 is 5.63 Å². The third-order valence-corrected chi connectivity index (χ3v) is 6.63. The van der Waals surface area contributed by atoms with Crippen LogP contribution in [0.15, 0.2) is 75.9 Å². The molecule has 1 fully saturated rings. The minimum Gasteiger partial charge on any atom is -0.508 e. The van der Waals surface area contributed by atoms with Crippen LogP contribution in [0.5, 0.6) is 11.5 Å². The molecule has 4 aromatic rings. The van der Waals surface area contributed by atoms with E-state index in [1.807, 2.05) is 42.5 Å². The summed E-state index contributed by atoms with van der Waals surface area (Å²) in [6, 6.07) is 19.7. The van der Waals surface area contributed by atoms with Crippen LogP contribution in [0.2, 0.25) is 5.02 Å². The smallest absolute Gasteiger partial charge is 0.344 e. The van der Waals surface area contributed by atoms with E-state index in [4.69, 9.17) is 20.8 Å². The van der Waals surface area contributed by atoms with Crippen LogP contribution in [0.1, 0.15) is 19.3 Å². The van der Waals surface area contributed by atoms with Gasteiger partial charge in [-0.05, 0) is 61.8 Å². The Bertz CT molecular complexity index is 1360. The molecule has 6 heteroatoms. The lowest BCUT2D eigenvalue weighted by molar-refractivity contribution is 0.183. The molecule has 0 saturated carbocycles. The van der Waals surface area contributed by atoms with Gasteiger partial charge in [0.05, 0.1) is 5.56 Å². The van der Waals surface area contributed by atoms with E-state index in [1.54, 1.807) is 18.2 Å². The summed E-state index contributed by atoms with van der Waals surface area (Å²) in [6.45, 7) is 3.85. The van der Waals surface area contributed by atoms with Gasteiger partial charge < -0.3 is 14.3 Å². The molecule has 2 heterocycles. The fourth-order valence-corrected chi connectivity index (χ4v) is 4.82. The van der Waals surface area contributed by atoms with Crippen LogP contribution in [-0.4, -0.2) is 36.2 Å². The van der Waals surface area contributed by atoms with Gasteiger partial charge in [-0.3, -0.25) is 4.90 Å². The Morgan fingerprint density at radius 1 is 0.941 bits per heavy atom. The summed E-state index contributed by atoms with van der Waals surface area (Å²) in [7, 11) is 0. The van der Waals surface area contributed by atoms with E-state index in [9.17, 15) is 9.90 Å². The standard InChI is InChI=1S/C28H26ClNO4/c29-24-7-3-2-6-22(24)27-26(23-13-10-20(31)18-25(23)34-28(27)32)19-8-11-21(12-9-19)33-17-16-30-14-4-1-5-15-30/h2-3,6-13,18,31H,1,4-5,14-17H2. The van der Waals surface area contributed by atoms with Crippen molar-refractivity contribution >= 4 is 22.6 Å². The highest BCUT2D eigenvalue weighted by Crippen LogP contribution is 2.39. The Morgan fingerprint density at radius 3 is 2.47 bits per heavy atom. The van der Waals surface area contributed by atoms with E-state index in [2.05, 4.69) is 4.90 Å². The summed E-state index contributed by atoms with van der Waals surface area (Å²) in [6.07, 6.45) is 3.85. The normalized spacial score (nSPS) is 14.4. The zero-order valence-corrected chi connectivity index (χ0v) is 19.6. The monoisotopic (exact) mass is 475 g/mol. The van der Waals surface area contributed by atoms with Gasteiger partial charge in [-0.2, -0.15) is 0 Å². The van der Waals surface area contributed by atoms with Crippen molar-refractivity contribution in [2.45, 2.75) is 19.3 Å². The molecule has 1 aliphatic heterocycles. The van der Waals surface area contributed by atoms with E-state index in [-0.39, 0.29) is 5.75 Å². The molecule has 0 atom stereocenters. The van der Waals surface area contributed by atoms with Crippen LogP contribution < -0.4 is 10.4 Å². The van der Waals surface area contributed by atoms with Crippen molar-refractivity contribution in [1.82, 2.24) is 4.90 Å². The number of aromatic hydroxyl groups is 1. The Labute approximate surface area is 203 Å². The first kappa shape index (κ1) is 22.5. The van der Waals surface area contributed by atoms with E-state index in [1.165, 1.54) is 25.3 Å². The summed E-state index contributed by atoms with van der Waals surface area (Å²) in [5, 5.41) is 11.1. The molecule has 5 rings (SSSR count). The molecular formula is C28H26ClNO4. The van der Waals surface area contributed by atoms with E-state index < -0.39 is 5.63 Å². The molecule has 0 unspecified atom stereocenters. The van der Waals surface area contributed by atoms with Crippen LogP contribution in [0.3, 0.4) is 0 Å². The van der Waals surface area contributed by atoms with Gasteiger partial charge in [-0.15, -0.1) is 0 Å². The minimum atomic E-state index is -0.511. The van der Waals surface area contributed by atoms with Crippen LogP contribution >= 0.6 is 11.6 Å². The number of hydrogen-bond acceptors (Lipinski definition) is 5. The Balaban J connectivity index is 1.51. The van der Waals surface area contributed by atoms with Crippen LogP contribution in [0.4, 0.5) is 0 Å². The van der Waals surface area contributed by atoms with Gasteiger partial charge in [0.2, 0.25) is 0 Å². The van der Waals surface area contributed by atoms with Crippen molar-refractivity contribution in [2.75, 3.05) is 26.2 Å². The summed E-state index contributed by atoms with van der Waals surface area (Å²) in [5.41, 5.74) is 2.34. The van der Waals surface area contributed by atoms with Gasteiger partial charge in [0.15, 0.2) is 0 Å². The number of ether oxygens (including phenoxy) is 1. The zero-order valence-electron chi connectivity index (χ0n) is 18.8. The first-order chi connectivity index (χ1) is 16.6. The molecule has 174 valence electrons. The van der Waals surface area contributed by atoms with E-state index in [0.717, 1.165) is 30.9 Å². The number of phenols is 1. The topological polar surface area (TPSA) is 62.9 Å². The molecule has 1 N–H and O–H groups in total. The van der Waals surface area contributed by atoms with Crippen LogP contribution in [0.25, 0.3) is 33.2 Å². The summed E-state index contributed by atoms with van der Waals surface area (Å²) in [5.74, 6) is 0.814. The second-order valence-electron chi connectivity index (χ2n) is 8.57. The maximum Gasteiger partial charge on any atom is 0.344 e. The van der Waals surface area contributed by atoms with Crippen molar-refractivity contribution in [3.05, 3.63) is 82.2 Å². The van der Waals surface area contributed by atoms with Crippen LogP contribution in [0, 0.1) is 0 Å². The molecule has 0 spiro atoms. The molecule has 5 nitrogen and oxygen atoms in total. The SMILES string of the molecule is O=c1oc2cc(O)ccc2c(-c2ccc(OCCN3CCCCC3)cc2)c1-c1ccccc1Cl. The highest BCUT2D eigenvalue weighted by Gasteiger charge is 2.20. The lowest BCUT2D eigenvalue weighted by Gasteiger charge is -2.26. The molecule has 1 aliphatic rings. The fourth-order valence-electron chi connectivity index (χ4n) is 4.59. The first-order valence-electron chi connectivity index (χ1n) is 11.6. The number of piperidine rings is 1. The number of phenolic OH excluding ortho intramolecular Hbond substituents is 1. The van der Waals surface area contributed by atoms with E-state index >= 15 is 0 Å². The second-order valence-corrected chi connectivity index (χ2v) is 8.98. The second kappa shape index (κ2) is 9.92. The molecule has 3 aromatic carbocycles. The van der Waals surface area contributed by atoms with Gasteiger partial charge in [0.25, 0.3) is 0 Å². The van der Waals surface area contributed by atoms with Gasteiger partial charge in [-0.1, -0.05) is 48.4 Å². The first-order valence-corrected chi connectivity index (χ1v) is 12.0. The summed E-state index contributed by atoms with van der Waals surface area (Å²) in [4.78, 5) is 15.6. The van der Waals surface area contributed by atoms with Crippen molar-refractivity contribution in [2.24, 2.45) is 0 Å². The van der Waals surface area contributed by atoms with Crippen LogP contribution in [-0.2, 0) is 0 Å². The quantitative estimate of drug-likeness (QED) is 0.329. The largest absolute Gasteiger partial charge is 0.508 e. The predicted molar refractivity (Wildman–Crippen MR) is 136 cm³/mol. The fraction of sp³-hybridized carbons (Fsp3) is 0.250. The molecule has 34 heavy (non-hydrogen) atoms. The number of nitrogens with zero attached hydrogens (tertiary/aromatic N) is 1. The number of hydrogen-bond donors (Lipinski definition) is 1. The van der Waals surface area contributed by atoms with Gasteiger partial charge in [0, 0.05) is 34.1 Å². The molecule has 0 amide bonds. The Kier molecular flexibility index (Phi) is 6.57. The maximum absolute atomic E-state index is 13.1. The van der Waals surface area contributed by atoms with Gasteiger partial charge in [0.1, 0.15) is 23.7 Å². The summed E-state index contributed by atoms with van der Waals surface area (Å²) < 4.78 is 11.6. The molecule has 1 aromatic heterocycles. The Morgan fingerprint density at radius 2 is 1.71 bits per heavy atom. The van der Waals surface area contributed by atoms with Crippen molar-refractivity contribution in [3.63, 3.8) is 0 Å². The number of rotatable bonds is 6. The molecule has 0 radical (unpaired) electrons. The maximum atomic E-state index is 13.1. The third-order valence-electron chi connectivity index (χ3n) is 6.30. The van der Waals surface area contributed by atoms with Crippen molar-refractivity contribution in [3.8, 4) is 33.8 Å².